The van der Waals surface area contributed by atoms with Gasteiger partial charge in [0.05, 0.1) is 43.1 Å². The van der Waals surface area contributed by atoms with Crippen LogP contribution < -0.4 is 5.32 Å². The van der Waals surface area contributed by atoms with Crippen LogP contribution in [0.3, 0.4) is 0 Å². The predicted molar refractivity (Wildman–Crippen MR) is 127 cm³/mol. The number of carbonyl (C=O) groups excluding carboxylic acids is 2. The van der Waals surface area contributed by atoms with Crippen molar-refractivity contribution < 1.29 is 18.7 Å². The highest BCUT2D eigenvalue weighted by Crippen LogP contribution is 2.33. The number of aromatic nitrogens is 3. The number of benzene rings is 1. The quantitative estimate of drug-likeness (QED) is 0.535. The number of halogens is 2. The van der Waals surface area contributed by atoms with Gasteiger partial charge in [0.2, 0.25) is 11.8 Å². The van der Waals surface area contributed by atoms with Crippen LogP contribution in [0.25, 0.3) is 16.8 Å². The third-order valence-electron chi connectivity index (χ3n) is 6.29. The van der Waals surface area contributed by atoms with E-state index in [0.717, 1.165) is 12.1 Å². The number of piperazine rings is 1. The first-order valence-electron chi connectivity index (χ1n) is 11.5. The van der Waals surface area contributed by atoms with E-state index in [2.05, 4.69) is 15.4 Å². The van der Waals surface area contributed by atoms with E-state index in [1.54, 1.807) is 28.7 Å². The van der Waals surface area contributed by atoms with Crippen LogP contribution in [0.15, 0.2) is 30.7 Å². The molecule has 0 spiro atoms. The van der Waals surface area contributed by atoms with Crippen LogP contribution in [0, 0.1) is 5.82 Å². The lowest BCUT2D eigenvalue weighted by Crippen LogP contribution is -2.52. The number of fused-ring (bicyclic) bond motifs is 1. The number of ether oxygens (including phenoxy) is 1. The molecule has 0 saturated carbocycles. The summed E-state index contributed by atoms with van der Waals surface area (Å²) in [4.78, 5) is 32.2. The molecule has 1 N–H and O–H groups in total. The van der Waals surface area contributed by atoms with Gasteiger partial charge in [-0.15, -0.1) is 0 Å². The lowest BCUT2D eigenvalue weighted by atomic mass is 9.97. The van der Waals surface area contributed by atoms with E-state index in [1.807, 2.05) is 13.0 Å². The summed E-state index contributed by atoms with van der Waals surface area (Å²) < 4.78 is 22.8. The molecule has 184 valence electrons. The molecule has 0 aliphatic carbocycles. The highest BCUT2D eigenvalue weighted by atomic mass is 35.5. The van der Waals surface area contributed by atoms with Crippen LogP contribution in [-0.2, 0) is 27.3 Å². The molecule has 1 unspecified atom stereocenters. The molecule has 2 aliphatic heterocycles. The maximum absolute atomic E-state index is 15.2. The fraction of sp³-hybridized carbons (Fsp3) is 0.417. The number of hydrogen-bond acceptors (Lipinski definition) is 7. The maximum atomic E-state index is 15.2. The van der Waals surface area contributed by atoms with Crippen LogP contribution >= 0.6 is 11.6 Å². The Morgan fingerprint density at radius 1 is 1.20 bits per heavy atom. The van der Waals surface area contributed by atoms with Crippen molar-refractivity contribution in [3.63, 3.8) is 0 Å². The Morgan fingerprint density at radius 2 is 1.97 bits per heavy atom. The summed E-state index contributed by atoms with van der Waals surface area (Å²) in [5, 5.41) is 7.85. The average molecular weight is 501 g/mol. The van der Waals surface area contributed by atoms with Crippen molar-refractivity contribution in [3.8, 4) is 11.3 Å². The Morgan fingerprint density at radius 3 is 2.71 bits per heavy atom. The maximum Gasteiger partial charge on any atom is 0.243 e. The molecule has 9 nitrogen and oxygen atoms in total. The van der Waals surface area contributed by atoms with Gasteiger partial charge in [0.1, 0.15) is 12.1 Å². The second-order valence-corrected chi connectivity index (χ2v) is 9.61. The molecule has 0 radical (unpaired) electrons. The molecule has 11 heteroatoms. The van der Waals surface area contributed by atoms with E-state index in [-0.39, 0.29) is 48.7 Å². The normalized spacial score (nSPS) is 21.8. The van der Waals surface area contributed by atoms with E-state index in [9.17, 15) is 9.59 Å². The van der Waals surface area contributed by atoms with E-state index in [1.165, 1.54) is 17.3 Å². The van der Waals surface area contributed by atoms with Crippen LogP contribution in [0.2, 0.25) is 5.02 Å². The van der Waals surface area contributed by atoms with Crippen molar-refractivity contribution >= 4 is 28.9 Å². The fourth-order valence-electron chi connectivity index (χ4n) is 4.71. The third kappa shape index (κ3) is 4.92. The van der Waals surface area contributed by atoms with Crippen LogP contribution in [0.1, 0.15) is 18.1 Å². The largest absolute Gasteiger partial charge is 0.372 e. The minimum atomic E-state index is -0.425. The smallest absolute Gasteiger partial charge is 0.243 e. The molecule has 4 heterocycles. The van der Waals surface area contributed by atoms with Gasteiger partial charge in [0.25, 0.3) is 0 Å². The highest BCUT2D eigenvalue weighted by molar-refractivity contribution is 6.31. The molecular weight excluding hydrogens is 475 g/mol. The van der Waals surface area contributed by atoms with Gasteiger partial charge in [-0.05, 0) is 37.7 Å². The van der Waals surface area contributed by atoms with Gasteiger partial charge in [0.15, 0.2) is 0 Å². The number of amides is 2. The standard InChI is InChI=1S/C24H26ClFN6O3/c1-14-7-27-8-17(35-14)6-18-19(4-16(25)5-20(18)26)24-21-3-15(10-32(21)29-13-28-24)9-31-22(33)11-30(2)12-23(31)34/h3-5,10,13-14,17,27H,6-9,11-12H2,1-2H3/t14-,17?/m0/s1. The molecule has 2 saturated heterocycles. The average Bonchev–Trinajstić information content (AvgIpc) is 3.21. The summed E-state index contributed by atoms with van der Waals surface area (Å²) in [5.74, 6) is -0.925. The van der Waals surface area contributed by atoms with Crippen molar-refractivity contribution in [1.82, 2.24) is 29.7 Å². The molecule has 1 aromatic carbocycles. The van der Waals surface area contributed by atoms with Gasteiger partial charge in [0, 0.05) is 41.9 Å². The van der Waals surface area contributed by atoms with Gasteiger partial charge < -0.3 is 10.1 Å². The monoisotopic (exact) mass is 500 g/mol. The first-order valence-corrected chi connectivity index (χ1v) is 11.8. The number of imide groups is 1. The number of likely N-dealkylation sites (N-methyl/N-ethyl adjacent to an activating group) is 1. The second-order valence-electron chi connectivity index (χ2n) is 9.18. The molecule has 2 aromatic heterocycles. The summed E-state index contributed by atoms with van der Waals surface area (Å²) in [7, 11) is 1.73. The second kappa shape index (κ2) is 9.62. The van der Waals surface area contributed by atoms with Crippen molar-refractivity contribution in [2.45, 2.75) is 32.1 Å². The number of rotatable bonds is 5. The van der Waals surface area contributed by atoms with Crippen molar-refractivity contribution in [2.75, 3.05) is 33.2 Å². The Labute approximate surface area is 206 Å². The van der Waals surface area contributed by atoms with Crippen LogP contribution in [0.4, 0.5) is 4.39 Å². The number of morpholine rings is 1. The van der Waals surface area contributed by atoms with Crippen LogP contribution in [0.5, 0.6) is 0 Å². The lowest BCUT2D eigenvalue weighted by Gasteiger charge is -2.29. The van der Waals surface area contributed by atoms with Crippen LogP contribution in [-0.4, -0.2) is 81.6 Å². The minimum Gasteiger partial charge on any atom is -0.372 e. The van der Waals surface area contributed by atoms with E-state index < -0.39 is 5.82 Å². The molecule has 2 amide bonds. The molecule has 35 heavy (non-hydrogen) atoms. The first-order chi connectivity index (χ1) is 16.8. The SMILES string of the molecule is C[C@H]1CNCC(Cc2c(F)cc(Cl)cc2-c2ncnn3cc(CN4C(=O)CN(C)CC4=O)cc23)O1. The number of carbonyl (C=O) groups is 2. The van der Waals surface area contributed by atoms with Crippen molar-refractivity contribution in [3.05, 3.63) is 52.7 Å². The molecule has 2 aliphatic rings. The Balaban J connectivity index is 1.51. The predicted octanol–water partition coefficient (Wildman–Crippen LogP) is 1.91. The molecule has 3 aromatic rings. The summed E-state index contributed by atoms with van der Waals surface area (Å²) in [5.41, 5.74) is 2.87. The number of hydrogen-bond donors (Lipinski definition) is 1. The molecule has 5 rings (SSSR count). The number of nitrogens with zero attached hydrogens (tertiary/aromatic N) is 5. The Hall–Kier alpha value is -2.92. The van der Waals surface area contributed by atoms with Gasteiger partial charge in [-0.1, -0.05) is 11.6 Å². The van der Waals surface area contributed by atoms with E-state index in [0.29, 0.717) is 35.3 Å². The Bertz CT molecular complexity index is 1280. The zero-order valence-electron chi connectivity index (χ0n) is 19.5. The molecule has 0 bridgehead atoms. The van der Waals surface area contributed by atoms with Gasteiger partial charge in [-0.2, -0.15) is 5.10 Å². The van der Waals surface area contributed by atoms with Crippen molar-refractivity contribution in [2.24, 2.45) is 0 Å². The highest BCUT2D eigenvalue weighted by Gasteiger charge is 2.30. The van der Waals surface area contributed by atoms with Gasteiger partial charge in [-0.25, -0.2) is 13.9 Å². The summed E-state index contributed by atoms with van der Waals surface area (Å²) in [6, 6.07) is 4.81. The molecule has 2 atom stereocenters. The third-order valence-corrected chi connectivity index (χ3v) is 6.51. The van der Waals surface area contributed by atoms with Gasteiger partial charge >= 0.3 is 0 Å². The zero-order chi connectivity index (χ0) is 24.7. The van der Waals surface area contributed by atoms with E-state index >= 15 is 4.39 Å². The summed E-state index contributed by atoms with van der Waals surface area (Å²) in [6.07, 6.45) is 3.33. The van der Waals surface area contributed by atoms with E-state index in [4.69, 9.17) is 16.3 Å². The number of nitrogens with one attached hydrogen (secondary N) is 1. The zero-order valence-corrected chi connectivity index (χ0v) is 20.3. The van der Waals surface area contributed by atoms with Gasteiger partial charge in [-0.3, -0.25) is 19.4 Å². The molecule has 2 fully saturated rings. The first kappa shape index (κ1) is 23.8. The Kier molecular flexibility index (Phi) is 6.54. The lowest BCUT2D eigenvalue weighted by molar-refractivity contribution is -0.151. The summed E-state index contributed by atoms with van der Waals surface area (Å²) >= 11 is 6.25. The fourth-order valence-corrected chi connectivity index (χ4v) is 4.91. The minimum absolute atomic E-state index is 0.0338. The summed E-state index contributed by atoms with van der Waals surface area (Å²) in [6.45, 7) is 3.85. The van der Waals surface area contributed by atoms with Crippen molar-refractivity contribution in [1.29, 1.82) is 0 Å². The topological polar surface area (TPSA) is 92.1 Å². The molecular formula is C24H26ClFN6O3.